The fourth-order valence-corrected chi connectivity index (χ4v) is 5.34. The molecule has 4 rings (SSSR count). The number of ether oxygens (including phenoxy) is 1. The van der Waals surface area contributed by atoms with E-state index in [1.54, 1.807) is 37.4 Å². The summed E-state index contributed by atoms with van der Waals surface area (Å²) in [4.78, 5) is 12.2. The fraction of sp³-hybridized carbons (Fsp3) is 0.292. The summed E-state index contributed by atoms with van der Waals surface area (Å²) in [6.07, 6.45) is 1.31. The van der Waals surface area contributed by atoms with E-state index < -0.39 is 10.0 Å². The van der Waals surface area contributed by atoms with Gasteiger partial charge in [-0.25, -0.2) is 8.42 Å². The van der Waals surface area contributed by atoms with Crippen LogP contribution in [0, 0.1) is 0 Å². The summed E-state index contributed by atoms with van der Waals surface area (Å²) in [7, 11) is -2.14. The molecule has 1 aliphatic rings. The van der Waals surface area contributed by atoms with Crippen molar-refractivity contribution < 1.29 is 22.4 Å². The number of para-hydroxylation sites is 2. The lowest BCUT2D eigenvalue weighted by Crippen LogP contribution is -2.42. The average molecular weight is 504 g/mol. The summed E-state index contributed by atoms with van der Waals surface area (Å²) in [6, 6.07) is 17.3. The smallest absolute Gasteiger partial charge is 0.276 e. The maximum Gasteiger partial charge on any atom is 0.276 e. The molecule has 8 nitrogen and oxygen atoms in total. The number of piperidine rings is 1. The summed E-state index contributed by atoms with van der Waals surface area (Å²) < 4.78 is 38.5. The van der Waals surface area contributed by atoms with E-state index in [9.17, 15) is 13.2 Å². The van der Waals surface area contributed by atoms with E-state index in [-0.39, 0.29) is 23.6 Å². The van der Waals surface area contributed by atoms with E-state index in [1.807, 2.05) is 24.3 Å². The minimum atomic E-state index is -3.76. The quantitative estimate of drug-likeness (QED) is 0.479. The first-order chi connectivity index (χ1) is 16.4. The minimum Gasteiger partial charge on any atom is -0.495 e. The molecule has 0 unspecified atom stereocenters. The number of carbonyl (C=O) groups is 1. The van der Waals surface area contributed by atoms with E-state index in [0.717, 1.165) is 11.4 Å². The molecule has 3 aromatic rings. The van der Waals surface area contributed by atoms with Gasteiger partial charge in [-0.2, -0.15) is 4.31 Å². The highest BCUT2D eigenvalue weighted by Crippen LogP contribution is 2.28. The Morgan fingerprint density at radius 3 is 2.50 bits per heavy atom. The second kappa shape index (κ2) is 10.5. The molecule has 2 heterocycles. The number of amides is 1. The van der Waals surface area contributed by atoms with Crippen LogP contribution in [0.25, 0.3) is 0 Å². The molecule has 2 aromatic carbocycles. The van der Waals surface area contributed by atoms with E-state index in [4.69, 9.17) is 20.8 Å². The maximum atomic E-state index is 13.0. The second-order valence-corrected chi connectivity index (χ2v) is 10.2. The van der Waals surface area contributed by atoms with Crippen LogP contribution in [0.15, 0.2) is 70.2 Å². The molecule has 1 saturated heterocycles. The third-order valence-electron chi connectivity index (χ3n) is 5.68. The van der Waals surface area contributed by atoms with Gasteiger partial charge in [0.25, 0.3) is 15.9 Å². The molecular weight excluding hydrogens is 478 g/mol. The van der Waals surface area contributed by atoms with Gasteiger partial charge in [-0.05, 0) is 61.4 Å². The van der Waals surface area contributed by atoms with Crippen molar-refractivity contribution in [2.45, 2.75) is 30.5 Å². The first kappa shape index (κ1) is 24.1. The summed E-state index contributed by atoms with van der Waals surface area (Å²) in [6.45, 7) is 0.818. The number of hydrogen-bond acceptors (Lipinski definition) is 6. The number of hydrogen-bond donors (Lipinski definition) is 2. The van der Waals surface area contributed by atoms with Crippen molar-refractivity contribution in [2.24, 2.45) is 0 Å². The molecule has 10 heteroatoms. The predicted octanol–water partition coefficient (Wildman–Crippen LogP) is 4.14. The van der Waals surface area contributed by atoms with Crippen LogP contribution in [-0.2, 0) is 16.6 Å². The first-order valence-corrected chi connectivity index (χ1v) is 12.7. The first-order valence-electron chi connectivity index (χ1n) is 10.9. The molecule has 1 aromatic heterocycles. The zero-order valence-corrected chi connectivity index (χ0v) is 20.2. The summed E-state index contributed by atoms with van der Waals surface area (Å²) in [5, 5.41) is 6.57. The van der Waals surface area contributed by atoms with Crippen LogP contribution < -0.4 is 15.4 Å². The Balaban J connectivity index is 1.32. The molecule has 1 amide bonds. The van der Waals surface area contributed by atoms with Gasteiger partial charge in [0.1, 0.15) is 11.5 Å². The fourth-order valence-electron chi connectivity index (χ4n) is 3.81. The third-order valence-corrected chi connectivity index (χ3v) is 7.71. The van der Waals surface area contributed by atoms with E-state index >= 15 is 0 Å². The molecule has 1 fully saturated rings. The van der Waals surface area contributed by atoms with Crippen molar-refractivity contribution >= 4 is 33.2 Å². The number of anilines is 1. The van der Waals surface area contributed by atoms with Crippen LogP contribution in [0.2, 0.25) is 5.02 Å². The van der Waals surface area contributed by atoms with Gasteiger partial charge in [0.05, 0.1) is 19.3 Å². The van der Waals surface area contributed by atoms with Crippen LogP contribution in [0.5, 0.6) is 5.75 Å². The molecule has 1 aliphatic heterocycles. The molecule has 34 heavy (non-hydrogen) atoms. The van der Waals surface area contributed by atoms with Crippen molar-refractivity contribution in [1.82, 2.24) is 9.62 Å². The Morgan fingerprint density at radius 1 is 1.09 bits per heavy atom. The van der Waals surface area contributed by atoms with Crippen LogP contribution in [-0.4, -0.2) is 44.9 Å². The van der Waals surface area contributed by atoms with Gasteiger partial charge in [0, 0.05) is 29.7 Å². The Morgan fingerprint density at radius 2 is 1.79 bits per heavy atom. The topological polar surface area (TPSA) is 101 Å². The summed E-state index contributed by atoms with van der Waals surface area (Å²) in [5.74, 6) is 0.805. The summed E-state index contributed by atoms with van der Waals surface area (Å²) in [5.41, 5.74) is 1.34. The molecule has 0 saturated carbocycles. The molecule has 0 bridgehead atoms. The highest BCUT2D eigenvalue weighted by molar-refractivity contribution is 7.89. The van der Waals surface area contributed by atoms with Gasteiger partial charge in [-0.3, -0.25) is 4.79 Å². The van der Waals surface area contributed by atoms with Crippen molar-refractivity contribution in [3.63, 3.8) is 0 Å². The SMILES string of the molecule is COc1ccccc1NC1CCN(S(=O)(=O)c2ccc(CNC(=O)c3ccc(Cl)cc3)o2)CC1. The Kier molecular flexibility index (Phi) is 7.45. The molecule has 0 atom stereocenters. The Labute approximate surface area is 203 Å². The molecule has 180 valence electrons. The van der Waals surface area contributed by atoms with Gasteiger partial charge in [0.15, 0.2) is 0 Å². The van der Waals surface area contributed by atoms with Gasteiger partial charge < -0.3 is 19.8 Å². The zero-order valence-electron chi connectivity index (χ0n) is 18.7. The lowest BCUT2D eigenvalue weighted by atomic mass is 10.1. The number of rotatable bonds is 8. The predicted molar refractivity (Wildman–Crippen MR) is 130 cm³/mol. The van der Waals surface area contributed by atoms with Crippen LogP contribution in [0.3, 0.4) is 0 Å². The second-order valence-electron chi connectivity index (χ2n) is 7.93. The largest absolute Gasteiger partial charge is 0.495 e. The Hall–Kier alpha value is -3.01. The lowest BCUT2D eigenvalue weighted by molar-refractivity contribution is 0.0947. The van der Waals surface area contributed by atoms with Gasteiger partial charge in [-0.1, -0.05) is 23.7 Å². The van der Waals surface area contributed by atoms with Gasteiger partial charge in [-0.15, -0.1) is 0 Å². The lowest BCUT2D eigenvalue weighted by Gasteiger charge is -2.31. The minimum absolute atomic E-state index is 0.0713. The monoisotopic (exact) mass is 503 g/mol. The maximum absolute atomic E-state index is 13.0. The van der Waals surface area contributed by atoms with Crippen LogP contribution in [0.4, 0.5) is 5.69 Å². The normalized spacial score (nSPS) is 15.1. The van der Waals surface area contributed by atoms with E-state index in [2.05, 4.69) is 10.6 Å². The van der Waals surface area contributed by atoms with E-state index in [0.29, 0.717) is 42.3 Å². The highest BCUT2D eigenvalue weighted by Gasteiger charge is 2.32. The number of carbonyl (C=O) groups excluding carboxylic acids is 1. The molecule has 0 aliphatic carbocycles. The van der Waals surface area contributed by atoms with Crippen molar-refractivity contribution in [1.29, 1.82) is 0 Å². The number of methoxy groups -OCH3 is 1. The van der Waals surface area contributed by atoms with Crippen molar-refractivity contribution in [3.05, 3.63) is 77.0 Å². The number of nitrogens with zero attached hydrogens (tertiary/aromatic N) is 1. The average Bonchev–Trinajstić information content (AvgIpc) is 3.34. The highest BCUT2D eigenvalue weighted by atomic mass is 35.5. The van der Waals surface area contributed by atoms with E-state index in [1.165, 1.54) is 10.4 Å². The number of benzene rings is 2. The summed E-state index contributed by atoms with van der Waals surface area (Å²) >= 11 is 5.84. The van der Waals surface area contributed by atoms with Crippen molar-refractivity contribution in [2.75, 3.05) is 25.5 Å². The zero-order chi connectivity index (χ0) is 24.1. The van der Waals surface area contributed by atoms with Crippen LogP contribution in [0.1, 0.15) is 29.0 Å². The number of halogens is 1. The number of nitrogens with one attached hydrogen (secondary N) is 2. The number of furan rings is 1. The molecule has 0 spiro atoms. The van der Waals surface area contributed by atoms with Crippen LogP contribution >= 0.6 is 11.6 Å². The van der Waals surface area contributed by atoms with Gasteiger partial charge >= 0.3 is 0 Å². The number of sulfonamides is 1. The van der Waals surface area contributed by atoms with Gasteiger partial charge in [0.2, 0.25) is 5.09 Å². The molecular formula is C24H26ClN3O5S. The third kappa shape index (κ3) is 5.55. The Bertz CT molecular complexity index is 1240. The standard InChI is InChI=1S/C24H26ClN3O5S/c1-32-22-5-3-2-4-21(22)27-19-12-14-28(15-13-19)34(30,31)23-11-10-20(33-23)16-26-24(29)17-6-8-18(25)9-7-17/h2-11,19,27H,12-16H2,1H3,(H,26,29). The molecule has 0 radical (unpaired) electrons. The molecule has 2 N–H and O–H groups in total. The van der Waals surface area contributed by atoms with Crippen molar-refractivity contribution in [3.8, 4) is 5.75 Å².